The van der Waals surface area contributed by atoms with Crippen LogP contribution in [0.15, 0.2) is 48.6 Å². The Bertz CT molecular complexity index is 1300. The quantitative estimate of drug-likeness (QED) is 0.0261. The summed E-state index contributed by atoms with van der Waals surface area (Å²) in [5.41, 5.74) is 0. The second-order valence-corrected chi connectivity index (χ2v) is 22.4. The monoisotopic (exact) mass is 1050 g/mol. The van der Waals surface area contributed by atoms with Gasteiger partial charge in [0, 0.05) is 19.3 Å². The van der Waals surface area contributed by atoms with E-state index in [9.17, 15) is 14.4 Å². The van der Waals surface area contributed by atoms with Gasteiger partial charge in [-0.25, -0.2) is 0 Å². The van der Waals surface area contributed by atoms with E-state index in [-0.39, 0.29) is 31.1 Å². The molecule has 0 bridgehead atoms. The summed E-state index contributed by atoms with van der Waals surface area (Å²) in [6.45, 7) is 6.57. The number of unbranched alkanes of at least 4 members (excludes halogenated alkanes) is 42. The van der Waals surface area contributed by atoms with Gasteiger partial charge in [-0.1, -0.05) is 326 Å². The molecule has 0 N–H and O–H groups in total. The van der Waals surface area contributed by atoms with Crippen molar-refractivity contribution in [3.05, 3.63) is 48.6 Å². The fourth-order valence-electron chi connectivity index (χ4n) is 9.91. The number of hydrogen-bond acceptors (Lipinski definition) is 6. The Hall–Kier alpha value is -2.63. The van der Waals surface area contributed by atoms with E-state index in [4.69, 9.17) is 14.2 Å². The Morgan fingerprint density at radius 3 is 0.813 bits per heavy atom. The van der Waals surface area contributed by atoms with E-state index in [0.29, 0.717) is 19.3 Å². The molecule has 1 unspecified atom stereocenters. The van der Waals surface area contributed by atoms with Gasteiger partial charge in [-0.2, -0.15) is 0 Å². The van der Waals surface area contributed by atoms with Crippen LogP contribution in [0.3, 0.4) is 0 Å². The van der Waals surface area contributed by atoms with Gasteiger partial charge in [-0.3, -0.25) is 14.4 Å². The predicted octanol–water partition coefficient (Wildman–Crippen LogP) is 22.6. The first-order chi connectivity index (χ1) is 37.0. The molecule has 0 amide bonds. The summed E-state index contributed by atoms with van der Waals surface area (Å²) in [6, 6.07) is 0. The summed E-state index contributed by atoms with van der Waals surface area (Å²) in [4.78, 5) is 38.3. The Morgan fingerprint density at radius 2 is 0.520 bits per heavy atom. The van der Waals surface area contributed by atoms with Crippen LogP contribution in [0.25, 0.3) is 0 Å². The summed E-state index contributed by atoms with van der Waals surface area (Å²) in [5, 5.41) is 0. The maximum Gasteiger partial charge on any atom is 0.306 e. The van der Waals surface area contributed by atoms with Gasteiger partial charge in [-0.15, -0.1) is 0 Å². The normalized spacial score (nSPS) is 12.3. The molecule has 0 fully saturated rings. The van der Waals surface area contributed by atoms with Crippen molar-refractivity contribution < 1.29 is 28.6 Å². The minimum absolute atomic E-state index is 0.0783. The Morgan fingerprint density at radius 1 is 0.280 bits per heavy atom. The molecule has 75 heavy (non-hydrogen) atoms. The fourth-order valence-corrected chi connectivity index (χ4v) is 9.91. The van der Waals surface area contributed by atoms with Crippen LogP contribution in [0.4, 0.5) is 0 Å². The largest absolute Gasteiger partial charge is 0.462 e. The third kappa shape index (κ3) is 62.1. The lowest BCUT2D eigenvalue weighted by atomic mass is 10.0. The zero-order valence-corrected chi connectivity index (χ0v) is 50.3. The number of allylic oxidation sites excluding steroid dienone is 8. The van der Waals surface area contributed by atoms with Crippen molar-refractivity contribution in [1.82, 2.24) is 0 Å². The lowest BCUT2D eigenvalue weighted by molar-refractivity contribution is -0.167. The zero-order chi connectivity index (χ0) is 54.3. The van der Waals surface area contributed by atoms with Crippen molar-refractivity contribution in [1.29, 1.82) is 0 Å². The lowest BCUT2D eigenvalue weighted by Gasteiger charge is -2.18. The summed E-state index contributed by atoms with van der Waals surface area (Å²) in [5.74, 6) is -0.878. The van der Waals surface area contributed by atoms with Crippen molar-refractivity contribution in [2.45, 2.75) is 361 Å². The standard InChI is InChI=1S/C69H126O6/c1-4-7-10-13-16-19-22-25-28-30-31-32-33-34-35-36-37-39-41-44-47-50-53-56-59-62-68(71)74-65-66(64-73-67(70)61-58-55-52-49-46-43-40-27-24-21-18-15-12-9-6-3)75-69(72)63-60-57-54-51-48-45-42-38-29-26-23-20-17-14-11-8-5-2/h8,11,17,20,26,29,42,45,66H,4-7,9-10,12-16,18-19,21-25,27-28,30-41,43-44,46-65H2,1-3H3/b11-8-,20-17-,29-26-,45-42-. The van der Waals surface area contributed by atoms with E-state index in [1.165, 1.54) is 218 Å². The first kappa shape index (κ1) is 72.4. The van der Waals surface area contributed by atoms with E-state index in [0.717, 1.165) is 96.3 Å². The molecule has 0 aliphatic rings. The van der Waals surface area contributed by atoms with Gasteiger partial charge in [0.25, 0.3) is 0 Å². The highest BCUT2D eigenvalue weighted by molar-refractivity contribution is 5.71. The average molecular weight is 1050 g/mol. The molecule has 0 radical (unpaired) electrons. The first-order valence-electron chi connectivity index (χ1n) is 33.1. The van der Waals surface area contributed by atoms with Crippen LogP contribution in [-0.4, -0.2) is 37.2 Å². The molecule has 0 saturated heterocycles. The third-order valence-electron chi connectivity index (χ3n) is 14.8. The molecule has 0 aromatic rings. The van der Waals surface area contributed by atoms with Crippen LogP contribution < -0.4 is 0 Å². The van der Waals surface area contributed by atoms with E-state index in [1.807, 2.05) is 0 Å². The first-order valence-corrected chi connectivity index (χ1v) is 33.1. The maximum absolute atomic E-state index is 12.9. The minimum Gasteiger partial charge on any atom is -0.462 e. The van der Waals surface area contributed by atoms with Gasteiger partial charge in [0.2, 0.25) is 0 Å². The van der Waals surface area contributed by atoms with Crippen LogP contribution in [0.5, 0.6) is 0 Å². The average Bonchev–Trinajstić information content (AvgIpc) is 3.41. The van der Waals surface area contributed by atoms with Crippen molar-refractivity contribution in [2.75, 3.05) is 13.2 Å². The molecule has 0 saturated carbocycles. The lowest BCUT2D eigenvalue weighted by Crippen LogP contribution is -2.30. The molecule has 0 aromatic heterocycles. The van der Waals surface area contributed by atoms with Crippen molar-refractivity contribution in [2.24, 2.45) is 0 Å². The van der Waals surface area contributed by atoms with E-state index < -0.39 is 6.10 Å². The number of carbonyl (C=O) groups excluding carboxylic acids is 3. The molecular weight excluding hydrogens is 925 g/mol. The molecule has 0 rings (SSSR count). The number of rotatable bonds is 61. The molecule has 0 aliphatic heterocycles. The molecule has 6 heteroatoms. The predicted molar refractivity (Wildman–Crippen MR) is 325 cm³/mol. The smallest absolute Gasteiger partial charge is 0.306 e. The summed E-state index contributed by atoms with van der Waals surface area (Å²) < 4.78 is 16.9. The molecule has 438 valence electrons. The Balaban J connectivity index is 4.28. The van der Waals surface area contributed by atoms with Crippen LogP contribution in [0.1, 0.15) is 355 Å². The summed E-state index contributed by atoms with van der Waals surface area (Å²) >= 11 is 0. The van der Waals surface area contributed by atoms with Crippen LogP contribution in [-0.2, 0) is 28.6 Å². The Labute approximate surface area is 467 Å². The highest BCUT2D eigenvalue weighted by Crippen LogP contribution is 2.18. The number of carbonyl (C=O) groups is 3. The molecule has 0 spiro atoms. The highest BCUT2D eigenvalue weighted by atomic mass is 16.6. The van der Waals surface area contributed by atoms with Crippen molar-refractivity contribution in [3.8, 4) is 0 Å². The van der Waals surface area contributed by atoms with Gasteiger partial charge < -0.3 is 14.2 Å². The molecule has 0 heterocycles. The SMILES string of the molecule is CC/C=C\C/C=C\C/C=C\C/C=C\CCCCCCC(=O)OC(COC(=O)CCCCCCCCCCCCCCCCC)COC(=O)CCCCCCCCCCCCCCCCCCCCCCCCCCC. The maximum atomic E-state index is 12.9. The van der Waals surface area contributed by atoms with E-state index in [1.54, 1.807) is 0 Å². The molecule has 0 aliphatic carbocycles. The third-order valence-corrected chi connectivity index (χ3v) is 14.8. The minimum atomic E-state index is -0.784. The number of ether oxygens (including phenoxy) is 3. The van der Waals surface area contributed by atoms with Crippen LogP contribution >= 0.6 is 0 Å². The molecule has 1 atom stereocenters. The van der Waals surface area contributed by atoms with Crippen molar-refractivity contribution >= 4 is 17.9 Å². The van der Waals surface area contributed by atoms with Gasteiger partial charge in [-0.05, 0) is 57.8 Å². The zero-order valence-electron chi connectivity index (χ0n) is 50.3. The topological polar surface area (TPSA) is 78.9 Å². The fraction of sp³-hybridized carbons (Fsp3) is 0.841. The molecular formula is C69H126O6. The molecule has 0 aromatic carbocycles. The van der Waals surface area contributed by atoms with Gasteiger partial charge in [0.15, 0.2) is 6.10 Å². The van der Waals surface area contributed by atoms with Gasteiger partial charge in [0.1, 0.15) is 13.2 Å². The number of hydrogen-bond donors (Lipinski definition) is 0. The van der Waals surface area contributed by atoms with E-state index in [2.05, 4.69) is 69.4 Å². The van der Waals surface area contributed by atoms with Gasteiger partial charge >= 0.3 is 17.9 Å². The van der Waals surface area contributed by atoms with Crippen molar-refractivity contribution in [3.63, 3.8) is 0 Å². The second-order valence-electron chi connectivity index (χ2n) is 22.4. The van der Waals surface area contributed by atoms with Crippen LogP contribution in [0.2, 0.25) is 0 Å². The van der Waals surface area contributed by atoms with Crippen LogP contribution in [0, 0.1) is 0 Å². The highest BCUT2D eigenvalue weighted by Gasteiger charge is 2.19. The molecule has 6 nitrogen and oxygen atoms in total. The summed E-state index contributed by atoms with van der Waals surface area (Å²) in [6.07, 6.45) is 79.9. The van der Waals surface area contributed by atoms with E-state index >= 15 is 0 Å². The van der Waals surface area contributed by atoms with Gasteiger partial charge in [0.05, 0.1) is 0 Å². The second kappa shape index (κ2) is 63.9. The number of esters is 3. The summed E-state index contributed by atoms with van der Waals surface area (Å²) in [7, 11) is 0. The Kier molecular flexibility index (Phi) is 61.7.